The van der Waals surface area contributed by atoms with Crippen molar-refractivity contribution in [3.05, 3.63) is 23.3 Å². The molecule has 1 nitrogen and oxygen atoms in total. The summed E-state index contributed by atoms with van der Waals surface area (Å²) in [6, 6.07) is 0. The van der Waals surface area contributed by atoms with E-state index in [-0.39, 0.29) is 5.04 Å². The molecule has 0 aromatic carbocycles. The molecule has 120 valence electrons. The van der Waals surface area contributed by atoms with E-state index in [2.05, 4.69) is 65.8 Å². The molecule has 0 spiro atoms. The lowest BCUT2D eigenvalue weighted by atomic mass is 10.1. The quantitative estimate of drug-likeness (QED) is 0.299. The molecule has 0 aromatic heterocycles. The van der Waals surface area contributed by atoms with E-state index in [1.807, 2.05) is 0 Å². The van der Waals surface area contributed by atoms with Crippen LogP contribution in [0.25, 0.3) is 0 Å². The standard InChI is InChI=1S/C19H34OSi/c1-9-10-12-17(2)13-11-14-18(3)15-16-20-21(7,8)19(4,5)6/h1,13,15H,10-12,14,16H2,2-8H3/b17-13?,18-15+. The van der Waals surface area contributed by atoms with Crippen LogP contribution in [0.2, 0.25) is 18.1 Å². The first kappa shape index (κ1) is 20.2. The maximum atomic E-state index is 6.17. The molecule has 0 aliphatic heterocycles. The largest absolute Gasteiger partial charge is 0.413 e. The highest BCUT2D eigenvalue weighted by molar-refractivity contribution is 6.74. The molecule has 0 aliphatic rings. The average molecular weight is 307 g/mol. The molecule has 0 amide bonds. The number of hydrogen-bond acceptors (Lipinski definition) is 1. The van der Waals surface area contributed by atoms with Crippen LogP contribution in [0.4, 0.5) is 0 Å². The normalized spacial score (nSPS) is 14.2. The Labute approximate surface area is 134 Å². The molecular formula is C19H34OSi. The van der Waals surface area contributed by atoms with E-state index in [4.69, 9.17) is 10.8 Å². The third-order valence-corrected chi connectivity index (χ3v) is 8.88. The summed E-state index contributed by atoms with van der Waals surface area (Å²) in [5.74, 6) is 2.69. The lowest BCUT2D eigenvalue weighted by molar-refractivity contribution is 0.327. The minimum atomic E-state index is -1.61. The Hall–Kier alpha value is -0.783. The molecule has 0 aliphatic carbocycles. The zero-order valence-electron chi connectivity index (χ0n) is 15.2. The van der Waals surface area contributed by atoms with Gasteiger partial charge in [0.25, 0.3) is 0 Å². The molecule has 0 fully saturated rings. The fourth-order valence-electron chi connectivity index (χ4n) is 1.63. The molecule has 0 rings (SSSR count). The molecule has 0 saturated heterocycles. The zero-order chi connectivity index (χ0) is 16.5. The van der Waals surface area contributed by atoms with Gasteiger partial charge < -0.3 is 4.43 Å². The first-order chi connectivity index (χ1) is 9.60. The third-order valence-electron chi connectivity index (χ3n) is 4.38. The Morgan fingerprint density at radius 2 is 1.67 bits per heavy atom. The van der Waals surface area contributed by atoms with E-state index in [0.717, 1.165) is 32.3 Å². The topological polar surface area (TPSA) is 9.23 Å². The highest BCUT2D eigenvalue weighted by atomic mass is 28.4. The zero-order valence-corrected chi connectivity index (χ0v) is 16.2. The molecular weight excluding hydrogens is 272 g/mol. The van der Waals surface area contributed by atoms with Crippen LogP contribution in [0, 0.1) is 12.3 Å². The molecule has 0 bridgehead atoms. The predicted molar refractivity (Wildman–Crippen MR) is 98.0 cm³/mol. The summed E-state index contributed by atoms with van der Waals surface area (Å²) in [6.07, 6.45) is 13.9. The smallest absolute Gasteiger partial charge is 0.192 e. The van der Waals surface area contributed by atoms with Crippen LogP contribution in [-0.4, -0.2) is 14.9 Å². The Balaban J connectivity index is 4.14. The van der Waals surface area contributed by atoms with E-state index in [1.165, 1.54) is 11.1 Å². The van der Waals surface area contributed by atoms with E-state index in [1.54, 1.807) is 0 Å². The maximum absolute atomic E-state index is 6.17. The van der Waals surface area contributed by atoms with Crippen molar-refractivity contribution in [1.82, 2.24) is 0 Å². The van der Waals surface area contributed by atoms with Gasteiger partial charge >= 0.3 is 0 Å². The molecule has 2 heteroatoms. The van der Waals surface area contributed by atoms with Gasteiger partial charge in [-0.1, -0.05) is 44.1 Å². The second-order valence-electron chi connectivity index (χ2n) is 7.42. The Morgan fingerprint density at radius 3 is 2.19 bits per heavy atom. The fraction of sp³-hybridized carbons (Fsp3) is 0.684. The number of rotatable bonds is 8. The van der Waals surface area contributed by atoms with E-state index in [9.17, 15) is 0 Å². The average Bonchev–Trinajstić information content (AvgIpc) is 2.34. The SMILES string of the molecule is C#CCCC(C)=CCC/C(C)=C/CO[Si](C)(C)C(C)(C)C. The Morgan fingerprint density at radius 1 is 1.10 bits per heavy atom. The second kappa shape index (κ2) is 9.28. The molecule has 0 radical (unpaired) electrons. The number of terminal acetylenes is 1. The second-order valence-corrected chi connectivity index (χ2v) is 12.2. The van der Waals surface area contributed by atoms with Gasteiger partial charge in [0.05, 0.1) is 6.61 Å². The minimum Gasteiger partial charge on any atom is -0.413 e. The summed E-state index contributed by atoms with van der Waals surface area (Å²) < 4.78 is 6.17. The highest BCUT2D eigenvalue weighted by Crippen LogP contribution is 2.36. The molecule has 0 N–H and O–H groups in total. The van der Waals surface area contributed by atoms with Crippen molar-refractivity contribution < 1.29 is 4.43 Å². The van der Waals surface area contributed by atoms with Crippen molar-refractivity contribution in [3.63, 3.8) is 0 Å². The lowest BCUT2D eigenvalue weighted by Crippen LogP contribution is -2.40. The predicted octanol–water partition coefficient (Wildman–Crippen LogP) is 6.09. The minimum absolute atomic E-state index is 0.283. The van der Waals surface area contributed by atoms with Gasteiger partial charge in [0.1, 0.15) is 0 Å². The summed E-state index contributed by atoms with van der Waals surface area (Å²) in [4.78, 5) is 0. The van der Waals surface area contributed by atoms with Crippen LogP contribution in [0.3, 0.4) is 0 Å². The van der Waals surface area contributed by atoms with Crippen LogP contribution in [-0.2, 0) is 4.43 Å². The van der Waals surface area contributed by atoms with Crippen molar-refractivity contribution in [3.8, 4) is 12.3 Å². The number of allylic oxidation sites excluding steroid dienone is 3. The Bertz CT molecular complexity index is 402. The first-order valence-electron chi connectivity index (χ1n) is 7.99. The molecule has 0 aromatic rings. The monoisotopic (exact) mass is 306 g/mol. The van der Waals surface area contributed by atoms with Gasteiger partial charge in [-0.2, -0.15) is 0 Å². The summed E-state index contributed by atoms with van der Waals surface area (Å²) >= 11 is 0. The van der Waals surface area contributed by atoms with Crippen LogP contribution in [0.15, 0.2) is 23.3 Å². The van der Waals surface area contributed by atoms with Crippen LogP contribution in [0.5, 0.6) is 0 Å². The molecule has 0 atom stereocenters. The van der Waals surface area contributed by atoms with Crippen LogP contribution >= 0.6 is 0 Å². The lowest BCUT2D eigenvalue weighted by Gasteiger charge is -2.35. The fourth-order valence-corrected chi connectivity index (χ4v) is 2.56. The summed E-state index contributed by atoms with van der Waals surface area (Å²) in [5, 5.41) is 0.283. The van der Waals surface area contributed by atoms with Gasteiger partial charge in [-0.25, -0.2) is 0 Å². The molecule has 0 unspecified atom stereocenters. The van der Waals surface area contributed by atoms with Gasteiger partial charge in [0, 0.05) is 6.42 Å². The molecule has 0 heterocycles. The Kier molecular flexibility index (Phi) is 8.93. The van der Waals surface area contributed by atoms with Crippen molar-refractivity contribution in [2.75, 3.05) is 6.61 Å². The summed E-state index contributed by atoms with van der Waals surface area (Å²) in [6.45, 7) is 16.5. The van der Waals surface area contributed by atoms with Gasteiger partial charge in [0.2, 0.25) is 0 Å². The van der Waals surface area contributed by atoms with Gasteiger partial charge in [-0.15, -0.1) is 12.3 Å². The number of hydrogen-bond donors (Lipinski definition) is 0. The van der Waals surface area contributed by atoms with Crippen molar-refractivity contribution in [2.24, 2.45) is 0 Å². The van der Waals surface area contributed by atoms with Crippen LogP contribution in [0.1, 0.15) is 60.3 Å². The van der Waals surface area contributed by atoms with Gasteiger partial charge in [0.15, 0.2) is 8.32 Å². The van der Waals surface area contributed by atoms with E-state index >= 15 is 0 Å². The van der Waals surface area contributed by atoms with Crippen LogP contribution < -0.4 is 0 Å². The van der Waals surface area contributed by atoms with Crippen molar-refractivity contribution in [2.45, 2.75) is 78.4 Å². The highest BCUT2D eigenvalue weighted by Gasteiger charge is 2.36. The van der Waals surface area contributed by atoms with Crippen molar-refractivity contribution in [1.29, 1.82) is 0 Å². The first-order valence-corrected chi connectivity index (χ1v) is 10.9. The maximum Gasteiger partial charge on any atom is 0.192 e. The van der Waals surface area contributed by atoms with Gasteiger partial charge in [-0.3, -0.25) is 0 Å². The van der Waals surface area contributed by atoms with Gasteiger partial charge in [-0.05, 0) is 51.2 Å². The third kappa shape index (κ3) is 8.96. The van der Waals surface area contributed by atoms with Crippen molar-refractivity contribution >= 4 is 8.32 Å². The van der Waals surface area contributed by atoms with E-state index in [0.29, 0.717) is 0 Å². The molecule has 21 heavy (non-hydrogen) atoms. The summed E-state index contributed by atoms with van der Waals surface area (Å²) in [7, 11) is -1.61. The van der Waals surface area contributed by atoms with E-state index < -0.39 is 8.32 Å². The molecule has 0 saturated carbocycles. The summed E-state index contributed by atoms with van der Waals surface area (Å²) in [5.41, 5.74) is 2.81.